The van der Waals surface area contributed by atoms with E-state index in [0.29, 0.717) is 0 Å². The molecule has 2 N–H and O–H groups in total. The number of rotatable bonds is 14. The highest BCUT2D eigenvalue weighted by molar-refractivity contribution is 8.15. The second-order valence-corrected chi connectivity index (χ2v) is 10.8. The fourth-order valence-corrected chi connectivity index (χ4v) is 3.38. The molecule has 0 amide bonds. The molecule has 1 aliphatic rings. The van der Waals surface area contributed by atoms with Crippen LogP contribution in [0.25, 0.3) is 0 Å². The summed E-state index contributed by atoms with van der Waals surface area (Å²) >= 11 is 0. The third kappa shape index (κ3) is 14.2. The number of ether oxygens (including phenoxy) is 2. The first kappa shape index (κ1) is 24.1. The molecule has 0 saturated carbocycles. The molecular weight excluding hydrogens is 348 g/mol. The zero-order valence-electron chi connectivity index (χ0n) is 17.9. The van der Waals surface area contributed by atoms with E-state index in [1.165, 1.54) is 0 Å². The van der Waals surface area contributed by atoms with E-state index < -0.39 is 0 Å². The third-order valence-electron chi connectivity index (χ3n) is 4.32. The minimum absolute atomic E-state index is 0.156. The molecule has 7 heteroatoms. The first-order valence-corrected chi connectivity index (χ1v) is 12.5. The Bertz CT molecular complexity index is 332. The van der Waals surface area contributed by atoms with Crippen molar-refractivity contribution in [2.75, 3.05) is 97.2 Å². The van der Waals surface area contributed by atoms with E-state index in [1.807, 2.05) is 0 Å². The van der Waals surface area contributed by atoms with E-state index in [-0.39, 0.29) is 16.4 Å². The van der Waals surface area contributed by atoms with Crippen molar-refractivity contribution in [1.29, 1.82) is 0 Å². The van der Waals surface area contributed by atoms with Crippen molar-refractivity contribution in [3.63, 3.8) is 0 Å². The Morgan fingerprint density at radius 3 is 1.77 bits per heavy atom. The van der Waals surface area contributed by atoms with Crippen LogP contribution in [0.2, 0.25) is 0 Å². The molecule has 1 rings (SSSR count). The highest BCUT2D eigenvalue weighted by Crippen LogP contribution is 2.08. The fourth-order valence-electron chi connectivity index (χ4n) is 2.77. The zero-order valence-corrected chi connectivity index (χ0v) is 18.7. The van der Waals surface area contributed by atoms with Crippen LogP contribution in [0.5, 0.6) is 0 Å². The molecule has 0 bridgehead atoms. The van der Waals surface area contributed by atoms with E-state index >= 15 is 0 Å². The normalized spacial score (nSPS) is 17.7. The summed E-state index contributed by atoms with van der Waals surface area (Å²) in [5, 5.41) is 6.88. The molecule has 6 nitrogen and oxygen atoms in total. The van der Waals surface area contributed by atoms with Crippen LogP contribution in [0.3, 0.4) is 0 Å². The van der Waals surface area contributed by atoms with E-state index in [1.54, 1.807) is 0 Å². The molecule has 0 radical (unpaired) electrons. The second kappa shape index (κ2) is 14.2. The topological polar surface area (TPSA) is 49.0 Å². The van der Waals surface area contributed by atoms with Gasteiger partial charge in [0.05, 0.1) is 26.4 Å². The van der Waals surface area contributed by atoms with Gasteiger partial charge in [-0.3, -0.25) is 9.80 Å². The van der Waals surface area contributed by atoms with Crippen LogP contribution in [0, 0.1) is 0 Å². The standard InChI is InChI=1S/C19H44N4O2S/c1-19(2,3)21-7-15-25-17-13-23-10-8-22(9-11-23)12-16-24-14-6-20-18-26(4)5/h20-21,26H,6-18H2,1-5H3. The zero-order chi connectivity index (χ0) is 19.3. The fraction of sp³-hybridized carbons (Fsp3) is 1.00. The van der Waals surface area contributed by atoms with E-state index in [0.717, 1.165) is 84.7 Å². The lowest BCUT2D eigenvalue weighted by Gasteiger charge is -2.34. The van der Waals surface area contributed by atoms with Gasteiger partial charge in [-0.15, -0.1) is 0 Å². The number of piperazine rings is 1. The largest absolute Gasteiger partial charge is 0.379 e. The predicted molar refractivity (Wildman–Crippen MR) is 116 cm³/mol. The summed E-state index contributed by atoms with van der Waals surface area (Å²) in [6.45, 7) is 18.4. The number of hydrogen-bond donors (Lipinski definition) is 3. The van der Waals surface area contributed by atoms with Gasteiger partial charge in [0.2, 0.25) is 0 Å². The van der Waals surface area contributed by atoms with Gasteiger partial charge < -0.3 is 20.1 Å². The van der Waals surface area contributed by atoms with Crippen molar-refractivity contribution < 1.29 is 9.47 Å². The molecule has 0 aliphatic carbocycles. The van der Waals surface area contributed by atoms with Gasteiger partial charge in [-0.25, -0.2) is 10.9 Å². The summed E-state index contributed by atoms with van der Waals surface area (Å²) in [6.07, 6.45) is 4.58. The lowest BCUT2D eigenvalue weighted by Crippen LogP contribution is -2.48. The first-order valence-electron chi connectivity index (χ1n) is 10.1. The van der Waals surface area contributed by atoms with Crippen molar-refractivity contribution in [3.8, 4) is 0 Å². The minimum atomic E-state index is 0.156. The second-order valence-electron chi connectivity index (χ2n) is 8.32. The van der Waals surface area contributed by atoms with Crippen molar-refractivity contribution in [2.45, 2.75) is 26.3 Å². The van der Waals surface area contributed by atoms with Gasteiger partial charge in [0.25, 0.3) is 0 Å². The Balaban J connectivity index is 1.89. The van der Waals surface area contributed by atoms with Crippen LogP contribution in [-0.2, 0) is 9.47 Å². The Hall–Kier alpha value is 0.110. The molecule has 0 aromatic heterocycles. The Labute approximate surface area is 164 Å². The molecule has 1 saturated heterocycles. The minimum Gasteiger partial charge on any atom is -0.379 e. The van der Waals surface area contributed by atoms with Crippen LogP contribution in [0.1, 0.15) is 20.8 Å². The Kier molecular flexibility index (Phi) is 13.1. The van der Waals surface area contributed by atoms with Gasteiger partial charge in [-0.1, -0.05) is 0 Å². The van der Waals surface area contributed by atoms with E-state index in [2.05, 4.69) is 53.7 Å². The number of thiol groups is 1. The average molecular weight is 393 g/mol. The summed E-state index contributed by atoms with van der Waals surface area (Å²) < 4.78 is 11.5. The van der Waals surface area contributed by atoms with Crippen molar-refractivity contribution in [3.05, 3.63) is 0 Å². The summed E-state index contributed by atoms with van der Waals surface area (Å²) in [7, 11) is 0.156. The molecule has 0 aromatic carbocycles. The van der Waals surface area contributed by atoms with Gasteiger partial charge in [0, 0.05) is 63.8 Å². The van der Waals surface area contributed by atoms with Crippen LogP contribution < -0.4 is 10.6 Å². The lowest BCUT2D eigenvalue weighted by atomic mass is 10.1. The average Bonchev–Trinajstić information content (AvgIpc) is 2.57. The smallest absolute Gasteiger partial charge is 0.0594 e. The van der Waals surface area contributed by atoms with E-state index in [9.17, 15) is 0 Å². The number of nitrogens with one attached hydrogen (secondary N) is 2. The molecule has 26 heavy (non-hydrogen) atoms. The van der Waals surface area contributed by atoms with Gasteiger partial charge in [-0.2, -0.15) is 0 Å². The molecule has 0 unspecified atom stereocenters. The quantitative estimate of drug-likeness (QED) is 0.301. The molecule has 0 spiro atoms. The van der Waals surface area contributed by atoms with Gasteiger partial charge in [-0.05, 0) is 33.3 Å². The maximum atomic E-state index is 5.74. The van der Waals surface area contributed by atoms with Crippen LogP contribution in [0.15, 0.2) is 0 Å². The maximum absolute atomic E-state index is 5.74. The van der Waals surface area contributed by atoms with Crippen molar-refractivity contribution in [2.24, 2.45) is 0 Å². The maximum Gasteiger partial charge on any atom is 0.0594 e. The molecule has 0 atom stereocenters. The van der Waals surface area contributed by atoms with Crippen molar-refractivity contribution >= 4 is 10.9 Å². The number of hydrogen-bond acceptors (Lipinski definition) is 6. The summed E-state index contributed by atoms with van der Waals surface area (Å²) in [4.78, 5) is 5.02. The SMILES string of the molecule is C[SH](C)CNCCOCCN1CCN(CCOCCNC(C)(C)C)CC1. The summed E-state index contributed by atoms with van der Waals surface area (Å²) in [5.41, 5.74) is 0.175. The lowest BCUT2D eigenvalue weighted by molar-refractivity contribution is 0.0573. The first-order chi connectivity index (χ1) is 12.4. The monoisotopic (exact) mass is 392 g/mol. The van der Waals surface area contributed by atoms with Gasteiger partial charge >= 0.3 is 0 Å². The van der Waals surface area contributed by atoms with Gasteiger partial charge in [0.15, 0.2) is 0 Å². The highest BCUT2D eigenvalue weighted by Gasteiger charge is 2.16. The molecule has 1 aliphatic heterocycles. The summed E-state index contributed by atoms with van der Waals surface area (Å²) in [5.74, 6) is 1.14. The molecule has 1 fully saturated rings. The predicted octanol–water partition coefficient (Wildman–Crippen LogP) is 0.833. The highest BCUT2D eigenvalue weighted by atomic mass is 32.2. The number of nitrogens with zero attached hydrogens (tertiary/aromatic N) is 2. The van der Waals surface area contributed by atoms with Gasteiger partial charge in [0.1, 0.15) is 0 Å². The molecule has 0 aromatic rings. The van der Waals surface area contributed by atoms with Crippen LogP contribution in [-0.4, -0.2) is 113 Å². The molecule has 158 valence electrons. The summed E-state index contributed by atoms with van der Waals surface area (Å²) in [6, 6.07) is 0. The van der Waals surface area contributed by atoms with Crippen molar-refractivity contribution in [1.82, 2.24) is 20.4 Å². The Morgan fingerprint density at radius 2 is 1.31 bits per heavy atom. The third-order valence-corrected chi connectivity index (χ3v) is 5.18. The molecule has 1 heterocycles. The van der Waals surface area contributed by atoms with Crippen LogP contribution in [0.4, 0.5) is 0 Å². The Morgan fingerprint density at radius 1 is 0.808 bits per heavy atom. The van der Waals surface area contributed by atoms with Crippen LogP contribution >= 0.6 is 10.9 Å². The molecular formula is C19H44N4O2S. The van der Waals surface area contributed by atoms with E-state index in [4.69, 9.17) is 9.47 Å².